The summed E-state index contributed by atoms with van der Waals surface area (Å²) in [5.74, 6) is 0.725. The third-order valence-corrected chi connectivity index (χ3v) is 8.73. The van der Waals surface area contributed by atoms with Crippen molar-refractivity contribution in [3.05, 3.63) is 36.0 Å². The second-order valence-corrected chi connectivity index (χ2v) is 10.4. The molecule has 1 saturated carbocycles. The Morgan fingerprint density at radius 3 is 2.97 bits per heavy atom. The minimum absolute atomic E-state index is 0.0333. The minimum Gasteiger partial charge on any atom is -0.497 e. The highest BCUT2D eigenvalue weighted by Gasteiger charge is 2.54. The molecule has 0 unspecified atom stereocenters. The molecule has 0 spiro atoms. The first-order chi connectivity index (χ1) is 14.9. The number of sulfonamides is 1. The van der Waals surface area contributed by atoms with Crippen LogP contribution in [-0.4, -0.2) is 54.3 Å². The summed E-state index contributed by atoms with van der Waals surface area (Å²) in [6.07, 6.45) is 5.46. The molecule has 1 aromatic carbocycles. The average Bonchev–Trinajstić information content (AvgIpc) is 3.25. The number of rotatable bonds is 6. The molecule has 2 N–H and O–H groups in total. The minimum atomic E-state index is -3.30. The van der Waals surface area contributed by atoms with Crippen molar-refractivity contribution in [3.8, 4) is 17.0 Å². The molecule has 0 radical (unpaired) electrons. The Morgan fingerprint density at radius 1 is 1.35 bits per heavy atom. The van der Waals surface area contributed by atoms with E-state index >= 15 is 0 Å². The topological polar surface area (TPSA) is 104 Å². The van der Waals surface area contributed by atoms with Crippen molar-refractivity contribution in [1.29, 1.82) is 0 Å². The van der Waals surface area contributed by atoms with Crippen LogP contribution in [0.2, 0.25) is 0 Å². The highest BCUT2D eigenvalue weighted by atomic mass is 32.2. The van der Waals surface area contributed by atoms with Gasteiger partial charge >= 0.3 is 0 Å². The molecule has 2 fully saturated rings. The van der Waals surface area contributed by atoms with Crippen LogP contribution < -0.4 is 10.1 Å². The second-order valence-electron chi connectivity index (χ2n) is 8.37. The molecule has 168 valence electrons. The van der Waals surface area contributed by atoms with E-state index in [1.807, 2.05) is 31.2 Å². The SMILES string of the molecule is CCN1[C@@H]2CCCC[C@@]2(C(=O)NCc2cn[nH]c2-c2cccc(OC)c2)CCS1(=O)=O. The molecular formula is C22H30N4O4S. The van der Waals surface area contributed by atoms with Gasteiger partial charge in [-0.2, -0.15) is 9.40 Å². The number of nitrogens with zero attached hydrogens (tertiary/aromatic N) is 2. The van der Waals surface area contributed by atoms with Gasteiger partial charge in [-0.05, 0) is 31.4 Å². The van der Waals surface area contributed by atoms with Gasteiger partial charge in [0.05, 0.1) is 30.2 Å². The van der Waals surface area contributed by atoms with E-state index in [9.17, 15) is 13.2 Å². The lowest BCUT2D eigenvalue weighted by Crippen LogP contribution is -2.62. The Hall–Kier alpha value is -2.39. The van der Waals surface area contributed by atoms with Gasteiger partial charge in [-0.1, -0.05) is 31.9 Å². The highest BCUT2D eigenvalue weighted by Crippen LogP contribution is 2.46. The third kappa shape index (κ3) is 3.96. The van der Waals surface area contributed by atoms with Crippen molar-refractivity contribution >= 4 is 15.9 Å². The Bertz CT molecular complexity index is 1050. The summed E-state index contributed by atoms with van der Waals surface area (Å²) in [4.78, 5) is 13.5. The molecule has 4 rings (SSSR count). The molecule has 31 heavy (non-hydrogen) atoms. The van der Waals surface area contributed by atoms with E-state index in [1.54, 1.807) is 17.6 Å². The third-order valence-electron chi connectivity index (χ3n) is 6.78. The van der Waals surface area contributed by atoms with E-state index in [0.29, 0.717) is 19.5 Å². The van der Waals surface area contributed by atoms with Crippen molar-refractivity contribution in [2.45, 2.75) is 51.6 Å². The van der Waals surface area contributed by atoms with E-state index in [4.69, 9.17) is 4.74 Å². The van der Waals surface area contributed by atoms with Gasteiger partial charge in [0, 0.05) is 30.3 Å². The van der Waals surface area contributed by atoms with Crippen LogP contribution in [0.5, 0.6) is 5.75 Å². The fraction of sp³-hybridized carbons (Fsp3) is 0.545. The van der Waals surface area contributed by atoms with E-state index in [1.165, 1.54) is 0 Å². The van der Waals surface area contributed by atoms with Gasteiger partial charge in [-0.25, -0.2) is 8.42 Å². The van der Waals surface area contributed by atoms with Crippen LogP contribution in [0.4, 0.5) is 0 Å². The number of fused-ring (bicyclic) bond motifs is 1. The smallest absolute Gasteiger partial charge is 0.228 e. The number of ether oxygens (including phenoxy) is 1. The second kappa shape index (κ2) is 8.63. The van der Waals surface area contributed by atoms with Gasteiger partial charge in [0.25, 0.3) is 0 Å². The summed E-state index contributed by atoms with van der Waals surface area (Å²) in [5.41, 5.74) is 1.98. The van der Waals surface area contributed by atoms with Gasteiger partial charge in [0.1, 0.15) is 5.75 Å². The van der Waals surface area contributed by atoms with Gasteiger partial charge < -0.3 is 10.1 Å². The van der Waals surface area contributed by atoms with E-state index in [0.717, 1.165) is 48.3 Å². The maximum absolute atomic E-state index is 13.5. The molecule has 1 aromatic heterocycles. The molecule has 2 atom stereocenters. The molecule has 1 aliphatic carbocycles. The summed E-state index contributed by atoms with van der Waals surface area (Å²) in [6, 6.07) is 7.40. The molecule has 2 aliphatic rings. The van der Waals surface area contributed by atoms with Crippen LogP contribution in [0, 0.1) is 5.41 Å². The van der Waals surface area contributed by atoms with Crippen LogP contribution in [0.1, 0.15) is 44.6 Å². The van der Waals surface area contributed by atoms with Crippen LogP contribution in [0.3, 0.4) is 0 Å². The number of carbonyl (C=O) groups excluding carboxylic acids is 1. The van der Waals surface area contributed by atoms with Gasteiger partial charge in [-0.15, -0.1) is 0 Å². The lowest BCUT2D eigenvalue weighted by Gasteiger charge is -2.50. The first-order valence-electron chi connectivity index (χ1n) is 10.9. The Balaban J connectivity index is 1.54. The van der Waals surface area contributed by atoms with Crippen LogP contribution in [0.15, 0.2) is 30.5 Å². The number of methoxy groups -OCH3 is 1. The van der Waals surface area contributed by atoms with Gasteiger partial charge in [0.15, 0.2) is 0 Å². The Morgan fingerprint density at radius 2 is 2.19 bits per heavy atom. The predicted molar refractivity (Wildman–Crippen MR) is 118 cm³/mol. The number of carbonyl (C=O) groups is 1. The first-order valence-corrected chi connectivity index (χ1v) is 12.5. The summed E-state index contributed by atoms with van der Waals surface area (Å²) < 4.78 is 32.1. The number of hydrogen-bond donors (Lipinski definition) is 2. The molecule has 2 heterocycles. The molecule has 8 nitrogen and oxygen atoms in total. The molecule has 1 amide bonds. The first kappa shape index (κ1) is 21.8. The van der Waals surface area contributed by atoms with E-state index < -0.39 is 15.4 Å². The fourth-order valence-corrected chi connectivity index (χ4v) is 7.12. The Labute approximate surface area is 183 Å². The summed E-state index contributed by atoms with van der Waals surface area (Å²) in [5, 5.41) is 10.3. The maximum Gasteiger partial charge on any atom is 0.228 e. The number of amides is 1. The molecule has 1 saturated heterocycles. The lowest BCUT2D eigenvalue weighted by atomic mass is 9.67. The van der Waals surface area contributed by atoms with Crippen LogP contribution in [0.25, 0.3) is 11.3 Å². The average molecular weight is 447 g/mol. The zero-order valence-electron chi connectivity index (χ0n) is 18.1. The highest BCUT2D eigenvalue weighted by molar-refractivity contribution is 7.89. The van der Waals surface area contributed by atoms with Crippen LogP contribution in [-0.2, 0) is 21.4 Å². The van der Waals surface area contributed by atoms with Gasteiger partial charge in [-0.3, -0.25) is 9.89 Å². The number of hydrogen-bond acceptors (Lipinski definition) is 5. The number of nitrogens with one attached hydrogen (secondary N) is 2. The molecular weight excluding hydrogens is 416 g/mol. The van der Waals surface area contributed by atoms with Crippen molar-refractivity contribution in [1.82, 2.24) is 19.8 Å². The number of H-pyrrole nitrogens is 1. The lowest BCUT2D eigenvalue weighted by molar-refractivity contribution is -0.137. The van der Waals surface area contributed by atoms with E-state index in [-0.39, 0.29) is 17.7 Å². The summed E-state index contributed by atoms with van der Waals surface area (Å²) in [7, 11) is -1.67. The van der Waals surface area contributed by atoms with Crippen molar-refractivity contribution in [3.63, 3.8) is 0 Å². The van der Waals surface area contributed by atoms with Crippen molar-refractivity contribution in [2.75, 3.05) is 19.4 Å². The monoisotopic (exact) mass is 446 g/mol. The predicted octanol–water partition coefficient (Wildman–Crippen LogP) is 2.69. The molecule has 2 aromatic rings. The van der Waals surface area contributed by atoms with Gasteiger partial charge in [0.2, 0.25) is 15.9 Å². The molecule has 0 bridgehead atoms. The zero-order chi connectivity index (χ0) is 22.1. The number of aromatic amines is 1. The van der Waals surface area contributed by atoms with Crippen LogP contribution >= 0.6 is 0 Å². The summed E-state index contributed by atoms with van der Waals surface area (Å²) >= 11 is 0. The largest absolute Gasteiger partial charge is 0.497 e. The fourth-order valence-electron chi connectivity index (χ4n) is 5.18. The molecule has 1 aliphatic heterocycles. The van der Waals surface area contributed by atoms with Crippen molar-refractivity contribution in [2.24, 2.45) is 5.41 Å². The number of benzene rings is 1. The zero-order valence-corrected chi connectivity index (χ0v) is 18.9. The molecule has 9 heteroatoms. The Kier molecular flexibility index (Phi) is 6.07. The normalized spacial score (nSPS) is 25.5. The number of aromatic nitrogens is 2. The standard InChI is InChI=1S/C22H30N4O4S/c1-3-26-19-9-4-5-10-22(19,11-12-31(26,28)29)21(27)23-14-17-15-24-25-20(17)16-7-6-8-18(13-16)30-2/h6-8,13,15,19H,3-5,9-12,14H2,1-2H3,(H,23,27)(H,24,25)/t19-,22-/m1/s1. The summed E-state index contributed by atoms with van der Waals surface area (Å²) in [6.45, 7) is 2.59. The maximum atomic E-state index is 13.5. The quantitative estimate of drug-likeness (QED) is 0.710. The van der Waals surface area contributed by atoms with E-state index in [2.05, 4.69) is 15.5 Å². The van der Waals surface area contributed by atoms with Crippen molar-refractivity contribution < 1.29 is 17.9 Å².